The summed E-state index contributed by atoms with van der Waals surface area (Å²) in [5.41, 5.74) is 3.24. The number of hydrogen-bond acceptors (Lipinski definition) is 4. The molecule has 2 amide bonds. The summed E-state index contributed by atoms with van der Waals surface area (Å²) in [4.78, 5) is 35.7. The van der Waals surface area contributed by atoms with Crippen LogP contribution in [0.2, 0.25) is 0 Å². The maximum atomic E-state index is 12.4. The first-order chi connectivity index (χ1) is 12.4. The Morgan fingerprint density at radius 3 is 2.42 bits per heavy atom. The molecule has 0 atom stereocenters. The average Bonchev–Trinajstić information content (AvgIpc) is 2.61. The molecule has 1 aliphatic rings. The maximum Gasteiger partial charge on any atom is 0.338 e. The van der Waals surface area contributed by atoms with Crippen LogP contribution in [0.3, 0.4) is 0 Å². The molecule has 0 saturated carbocycles. The molecule has 0 bridgehead atoms. The molecule has 134 valence electrons. The van der Waals surface area contributed by atoms with Crippen LogP contribution in [-0.4, -0.2) is 23.9 Å². The van der Waals surface area contributed by atoms with Crippen LogP contribution < -0.4 is 10.6 Å². The molecule has 0 aliphatic carbocycles. The number of rotatable bonds is 4. The van der Waals surface area contributed by atoms with Crippen molar-refractivity contribution < 1.29 is 19.1 Å². The molecule has 2 N–H and O–H groups in total. The van der Waals surface area contributed by atoms with Crippen molar-refractivity contribution in [3.05, 3.63) is 59.2 Å². The highest BCUT2D eigenvalue weighted by Crippen LogP contribution is 2.24. The summed E-state index contributed by atoms with van der Waals surface area (Å²) < 4.78 is 5.13. The Kier molecular flexibility index (Phi) is 5.02. The lowest BCUT2D eigenvalue weighted by molar-refractivity contribution is -0.116. The monoisotopic (exact) mass is 352 g/mol. The van der Waals surface area contributed by atoms with Gasteiger partial charge in [0.15, 0.2) is 0 Å². The number of ether oxygens (including phenoxy) is 1. The van der Waals surface area contributed by atoms with Gasteiger partial charge in [-0.1, -0.05) is 0 Å². The first-order valence-corrected chi connectivity index (χ1v) is 8.47. The largest absolute Gasteiger partial charge is 0.459 e. The van der Waals surface area contributed by atoms with E-state index in [1.54, 1.807) is 56.3 Å². The number of esters is 1. The summed E-state index contributed by atoms with van der Waals surface area (Å²) in [5.74, 6) is -0.650. The van der Waals surface area contributed by atoms with Gasteiger partial charge >= 0.3 is 5.97 Å². The van der Waals surface area contributed by atoms with Gasteiger partial charge in [-0.25, -0.2) is 4.79 Å². The molecule has 0 aromatic heterocycles. The van der Waals surface area contributed by atoms with Crippen molar-refractivity contribution in [3.63, 3.8) is 0 Å². The summed E-state index contributed by atoms with van der Waals surface area (Å²) in [6.07, 6.45) is 0.858. The van der Waals surface area contributed by atoms with Crippen molar-refractivity contribution in [2.45, 2.75) is 32.8 Å². The first-order valence-electron chi connectivity index (χ1n) is 8.47. The highest BCUT2D eigenvalue weighted by atomic mass is 16.5. The number of amides is 2. The molecule has 6 nitrogen and oxygen atoms in total. The SMILES string of the molecule is CC(C)OC(=O)c1ccc(NC(=O)c2ccc3c(c2)CCC(=O)N3)cc1. The van der Waals surface area contributed by atoms with Gasteiger partial charge in [0.2, 0.25) is 5.91 Å². The van der Waals surface area contributed by atoms with Crippen LogP contribution in [0.5, 0.6) is 0 Å². The van der Waals surface area contributed by atoms with Crippen LogP contribution in [0.4, 0.5) is 11.4 Å². The number of carbonyl (C=O) groups is 3. The van der Waals surface area contributed by atoms with Crippen molar-refractivity contribution in [2.75, 3.05) is 10.6 Å². The fourth-order valence-corrected chi connectivity index (χ4v) is 2.70. The van der Waals surface area contributed by atoms with Crippen LogP contribution in [0.15, 0.2) is 42.5 Å². The van der Waals surface area contributed by atoms with E-state index in [0.29, 0.717) is 29.7 Å². The topological polar surface area (TPSA) is 84.5 Å². The Hall–Kier alpha value is -3.15. The van der Waals surface area contributed by atoms with Crippen LogP contribution in [0, 0.1) is 0 Å². The van der Waals surface area contributed by atoms with E-state index in [2.05, 4.69) is 10.6 Å². The van der Waals surface area contributed by atoms with Gasteiger partial charge in [-0.15, -0.1) is 0 Å². The van der Waals surface area contributed by atoms with E-state index in [4.69, 9.17) is 4.74 Å². The van der Waals surface area contributed by atoms with E-state index in [-0.39, 0.29) is 17.9 Å². The number of carbonyl (C=O) groups excluding carboxylic acids is 3. The second kappa shape index (κ2) is 7.39. The second-order valence-corrected chi connectivity index (χ2v) is 6.41. The smallest absolute Gasteiger partial charge is 0.338 e. The molecule has 1 heterocycles. The Morgan fingerprint density at radius 2 is 1.73 bits per heavy atom. The van der Waals surface area contributed by atoms with Crippen molar-refractivity contribution in [3.8, 4) is 0 Å². The Bertz CT molecular complexity index is 857. The third-order valence-corrected chi connectivity index (χ3v) is 3.98. The molecule has 0 radical (unpaired) electrons. The van der Waals surface area contributed by atoms with E-state index in [1.807, 2.05) is 0 Å². The first kappa shape index (κ1) is 17.7. The predicted octanol–water partition coefficient (Wildman–Crippen LogP) is 3.39. The molecule has 2 aromatic rings. The predicted molar refractivity (Wildman–Crippen MR) is 98.3 cm³/mol. The quantitative estimate of drug-likeness (QED) is 0.826. The molecule has 0 saturated heterocycles. The zero-order valence-corrected chi connectivity index (χ0v) is 14.7. The van der Waals surface area contributed by atoms with Crippen LogP contribution in [0.1, 0.15) is 46.5 Å². The summed E-state index contributed by atoms with van der Waals surface area (Å²) in [6.45, 7) is 3.58. The van der Waals surface area contributed by atoms with E-state index in [9.17, 15) is 14.4 Å². The Morgan fingerprint density at radius 1 is 1.04 bits per heavy atom. The fraction of sp³-hybridized carbons (Fsp3) is 0.250. The van der Waals surface area contributed by atoms with Crippen molar-refractivity contribution in [1.29, 1.82) is 0 Å². The lowest BCUT2D eigenvalue weighted by atomic mass is 10.00. The number of aryl methyl sites for hydroxylation is 1. The number of nitrogens with one attached hydrogen (secondary N) is 2. The van der Waals surface area contributed by atoms with E-state index >= 15 is 0 Å². The molecule has 3 rings (SSSR count). The van der Waals surface area contributed by atoms with Gasteiger partial charge in [-0.2, -0.15) is 0 Å². The minimum absolute atomic E-state index is 0.00853. The fourth-order valence-electron chi connectivity index (χ4n) is 2.70. The zero-order chi connectivity index (χ0) is 18.7. The Balaban J connectivity index is 1.68. The number of hydrogen-bond donors (Lipinski definition) is 2. The van der Waals surface area contributed by atoms with Gasteiger partial charge in [-0.3, -0.25) is 9.59 Å². The molecule has 1 aliphatic heterocycles. The lowest BCUT2D eigenvalue weighted by Crippen LogP contribution is -2.20. The summed E-state index contributed by atoms with van der Waals surface area (Å²) in [6, 6.07) is 11.8. The summed E-state index contributed by atoms with van der Waals surface area (Å²) >= 11 is 0. The van der Waals surface area contributed by atoms with Crippen LogP contribution in [0.25, 0.3) is 0 Å². The summed E-state index contributed by atoms with van der Waals surface area (Å²) in [7, 11) is 0. The number of fused-ring (bicyclic) bond motifs is 1. The maximum absolute atomic E-state index is 12.4. The average molecular weight is 352 g/mol. The van der Waals surface area contributed by atoms with Gasteiger partial charge in [0.25, 0.3) is 5.91 Å². The van der Waals surface area contributed by atoms with Crippen LogP contribution >= 0.6 is 0 Å². The normalized spacial score (nSPS) is 13.0. The molecule has 0 fully saturated rings. The van der Waals surface area contributed by atoms with E-state index in [0.717, 1.165) is 11.3 Å². The molecule has 6 heteroatoms. The lowest BCUT2D eigenvalue weighted by Gasteiger charge is -2.17. The van der Waals surface area contributed by atoms with Crippen molar-refractivity contribution in [1.82, 2.24) is 0 Å². The highest BCUT2D eigenvalue weighted by molar-refractivity contribution is 6.05. The number of benzene rings is 2. The summed E-state index contributed by atoms with van der Waals surface area (Å²) in [5, 5.41) is 5.59. The molecular formula is C20H20N2O4. The van der Waals surface area contributed by atoms with Gasteiger partial charge in [-0.05, 0) is 68.3 Å². The van der Waals surface area contributed by atoms with Crippen molar-refractivity contribution in [2.24, 2.45) is 0 Å². The van der Waals surface area contributed by atoms with Crippen molar-refractivity contribution >= 4 is 29.2 Å². The van der Waals surface area contributed by atoms with E-state index in [1.165, 1.54) is 0 Å². The molecule has 26 heavy (non-hydrogen) atoms. The van der Waals surface area contributed by atoms with Gasteiger partial charge in [0.05, 0.1) is 11.7 Å². The minimum Gasteiger partial charge on any atom is -0.459 e. The standard InChI is InChI=1S/C20H20N2O4/c1-12(2)26-20(25)13-3-7-16(8-4-13)21-19(24)15-5-9-17-14(11-15)6-10-18(23)22-17/h3-5,7-9,11-12H,6,10H2,1-2H3,(H,21,24)(H,22,23). The second-order valence-electron chi connectivity index (χ2n) is 6.41. The van der Waals surface area contributed by atoms with E-state index < -0.39 is 5.97 Å². The van der Waals surface area contributed by atoms with Gasteiger partial charge in [0, 0.05) is 23.4 Å². The number of anilines is 2. The molecular weight excluding hydrogens is 332 g/mol. The van der Waals surface area contributed by atoms with Crippen LogP contribution in [-0.2, 0) is 16.0 Å². The highest BCUT2D eigenvalue weighted by Gasteiger charge is 2.17. The molecule has 0 spiro atoms. The van der Waals surface area contributed by atoms with Gasteiger partial charge in [0.1, 0.15) is 0 Å². The Labute approximate surface area is 151 Å². The third-order valence-electron chi connectivity index (χ3n) is 3.98. The zero-order valence-electron chi connectivity index (χ0n) is 14.7. The minimum atomic E-state index is -0.394. The van der Waals surface area contributed by atoms with Gasteiger partial charge < -0.3 is 15.4 Å². The molecule has 0 unspecified atom stereocenters. The third kappa shape index (κ3) is 4.08. The molecule has 2 aromatic carbocycles.